The normalized spacial score (nSPS) is 37.5. The molecule has 3 nitrogen and oxygen atoms in total. The molecule has 3 fully saturated rings. The van der Waals surface area contributed by atoms with Crippen LogP contribution in [0.1, 0.15) is 26.2 Å². The zero-order valence-corrected chi connectivity index (χ0v) is 8.21. The third-order valence-corrected chi connectivity index (χ3v) is 3.46. The second-order valence-corrected chi connectivity index (χ2v) is 4.37. The Labute approximate surface area is 79.0 Å². The standard InChI is InChI=1S/C10H17NO2/c1-9(12)13-8-10-2-5-11(6-3-10)7-4-10/h2-8H2,1H3. The number of carbonyl (C=O) groups excluding carboxylic acids is 1. The van der Waals surface area contributed by atoms with E-state index in [4.69, 9.17) is 4.74 Å². The van der Waals surface area contributed by atoms with Crippen molar-refractivity contribution in [3.05, 3.63) is 0 Å². The van der Waals surface area contributed by atoms with E-state index in [1.807, 2.05) is 0 Å². The van der Waals surface area contributed by atoms with Crippen molar-refractivity contribution in [2.75, 3.05) is 26.2 Å². The first-order chi connectivity index (χ1) is 6.20. The molecule has 3 saturated heterocycles. The van der Waals surface area contributed by atoms with Crippen molar-refractivity contribution in [1.29, 1.82) is 0 Å². The summed E-state index contributed by atoms with van der Waals surface area (Å²) in [5, 5.41) is 0. The molecule has 3 rings (SSSR count). The van der Waals surface area contributed by atoms with Crippen LogP contribution in [0, 0.1) is 5.41 Å². The van der Waals surface area contributed by atoms with Gasteiger partial charge in [0, 0.05) is 12.3 Å². The van der Waals surface area contributed by atoms with Gasteiger partial charge in [0.05, 0.1) is 6.61 Å². The molecule has 0 unspecified atom stereocenters. The molecule has 13 heavy (non-hydrogen) atoms. The van der Waals surface area contributed by atoms with Crippen molar-refractivity contribution in [1.82, 2.24) is 4.90 Å². The van der Waals surface area contributed by atoms with Crippen LogP contribution < -0.4 is 0 Å². The summed E-state index contributed by atoms with van der Waals surface area (Å²) in [5.74, 6) is -0.137. The Morgan fingerprint density at radius 2 is 1.85 bits per heavy atom. The number of fused-ring (bicyclic) bond motifs is 3. The van der Waals surface area contributed by atoms with Crippen LogP contribution in [0.2, 0.25) is 0 Å². The molecule has 0 atom stereocenters. The predicted octanol–water partition coefficient (Wildman–Crippen LogP) is 1.04. The van der Waals surface area contributed by atoms with E-state index in [1.54, 1.807) is 0 Å². The first-order valence-corrected chi connectivity index (χ1v) is 5.06. The quantitative estimate of drug-likeness (QED) is 0.599. The SMILES string of the molecule is CC(=O)OCC12CCN(CC1)CC2. The molecule has 3 aliphatic heterocycles. The average molecular weight is 183 g/mol. The van der Waals surface area contributed by atoms with Crippen molar-refractivity contribution < 1.29 is 9.53 Å². The second-order valence-electron chi connectivity index (χ2n) is 4.37. The molecule has 3 heteroatoms. The Balaban J connectivity index is 1.91. The minimum absolute atomic E-state index is 0.137. The molecule has 0 radical (unpaired) electrons. The Morgan fingerprint density at radius 3 is 2.31 bits per heavy atom. The summed E-state index contributed by atoms with van der Waals surface area (Å²) >= 11 is 0. The van der Waals surface area contributed by atoms with Gasteiger partial charge in [0.25, 0.3) is 0 Å². The molecule has 0 aromatic heterocycles. The highest BCUT2D eigenvalue weighted by atomic mass is 16.5. The molecule has 0 aliphatic carbocycles. The second kappa shape index (κ2) is 3.29. The van der Waals surface area contributed by atoms with E-state index in [2.05, 4.69) is 4.90 Å². The van der Waals surface area contributed by atoms with Crippen LogP contribution in [0.4, 0.5) is 0 Å². The molecule has 0 spiro atoms. The predicted molar refractivity (Wildman–Crippen MR) is 49.4 cm³/mol. The lowest BCUT2D eigenvalue weighted by Crippen LogP contribution is -2.50. The number of piperidine rings is 3. The molecule has 0 aromatic carbocycles. The van der Waals surface area contributed by atoms with Crippen molar-refractivity contribution in [2.45, 2.75) is 26.2 Å². The summed E-state index contributed by atoms with van der Waals surface area (Å²) in [6.45, 7) is 5.73. The number of rotatable bonds is 2. The summed E-state index contributed by atoms with van der Waals surface area (Å²) in [4.78, 5) is 13.2. The number of ether oxygens (including phenoxy) is 1. The molecule has 2 bridgehead atoms. The lowest BCUT2D eigenvalue weighted by molar-refractivity contribution is -0.147. The molecular formula is C10H17NO2. The van der Waals surface area contributed by atoms with Gasteiger partial charge in [-0.2, -0.15) is 0 Å². The maximum absolute atomic E-state index is 10.7. The van der Waals surface area contributed by atoms with E-state index in [0.29, 0.717) is 12.0 Å². The topological polar surface area (TPSA) is 29.5 Å². The summed E-state index contributed by atoms with van der Waals surface area (Å²) < 4.78 is 5.14. The largest absolute Gasteiger partial charge is 0.465 e. The summed E-state index contributed by atoms with van der Waals surface area (Å²) in [5.41, 5.74) is 0.334. The van der Waals surface area contributed by atoms with Gasteiger partial charge in [-0.3, -0.25) is 4.79 Å². The van der Waals surface area contributed by atoms with Crippen LogP contribution in [0.15, 0.2) is 0 Å². The van der Waals surface area contributed by atoms with Gasteiger partial charge in [0.1, 0.15) is 0 Å². The van der Waals surface area contributed by atoms with Crippen LogP contribution in [0.25, 0.3) is 0 Å². The number of carbonyl (C=O) groups is 1. The van der Waals surface area contributed by atoms with Crippen LogP contribution in [0.3, 0.4) is 0 Å². The molecule has 0 amide bonds. The maximum Gasteiger partial charge on any atom is 0.302 e. The van der Waals surface area contributed by atoms with Gasteiger partial charge in [-0.15, -0.1) is 0 Å². The van der Waals surface area contributed by atoms with Crippen molar-refractivity contribution >= 4 is 5.97 Å². The van der Waals surface area contributed by atoms with E-state index >= 15 is 0 Å². The monoisotopic (exact) mass is 183 g/mol. The first kappa shape index (κ1) is 9.00. The number of hydrogen-bond donors (Lipinski definition) is 0. The van der Waals surface area contributed by atoms with Crippen LogP contribution in [0.5, 0.6) is 0 Å². The average Bonchev–Trinajstić information content (AvgIpc) is 2.18. The summed E-state index contributed by atoms with van der Waals surface area (Å²) in [6, 6.07) is 0. The lowest BCUT2D eigenvalue weighted by Gasteiger charge is -2.47. The molecule has 3 aliphatic rings. The summed E-state index contributed by atoms with van der Waals surface area (Å²) in [7, 11) is 0. The fourth-order valence-corrected chi connectivity index (χ4v) is 2.37. The molecule has 74 valence electrons. The number of hydrogen-bond acceptors (Lipinski definition) is 3. The first-order valence-electron chi connectivity index (χ1n) is 5.06. The van der Waals surface area contributed by atoms with Crippen molar-refractivity contribution in [3.63, 3.8) is 0 Å². The number of nitrogens with zero attached hydrogens (tertiary/aromatic N) is 1. The Bertz CT molecular complexity index is 193. The van der Waals surface area contributed by atoms with Crippen LogP contribution in [-0.2, 0) is 9.53 Å². The Morgan fingerprint density at radius 1 is 1.31 bits per heavy atom. The van der Waals surface area contributed by atoms with Gasteiger partial charge in [-0.05, 0) is 38.9 Å². The zero-order valence-electron chi connectivity index (χ0n) is 8.21. The molecule has 0 saturated carbocycles. The van der Waals surface area contributed by atoms with Crippen molar-refractivity contribution in [3.8, 4) is 0 Å². The summed E-state index contributed by atoms with van der Waals surface area (Å²) in [6.07, 6.45) is 3.63. The van der Waals surface area contributed by atoms with Gasteiger partial charge in [-0.25, -0.2) is 0 Å². The van der Waals surface area contributed by atoms with Crippen molar-refractivity contribution in [2.24, 2.45) is 5.41 Å². The molecule has 0 N–H and O–H groups in total. The minimum Gasteiger partial charge on any atom is -0.465 e. The third kappa shape index (κ3) is 1.85. The van der Waals surface area contributed by atoms with Gasteiger partial charge in [0.2, 0.25) is 0 Å². The van der Waals surface area contributed by atoms with Gasteiger partial charge in [-0.1, -0.05) is 0 Å². The fraction of sp³-hybridized carbons (Fsp3) is 0.900. The van der Waals surface area contributed by atoms with Gasteiger partial charge < -0.3 is 9.64 Å². The van der Waals surface area contributed by atoms with E-state index in [9.17, 15) is 4.79 Å². The highest BCUT2D eigenvalue weighted by molar-refractivity contribution is 5.65. The molecule has 3 heterocycles. The minimum atomic E-state index is -0.137. The highest BCUT2D eigenvalue weighted by Gasteiger charge is 2.39. The molecular weight excluding hydrogens is 166 g/mol. The molecule has 0 aromatic rings. The smallest absolute Gasteiger partial charge is 0.302 e. The lowest BCUT2D eigenvalue weighted by atomic mass is 9.73. The van der Waals surface area contributed by atoms with E-state index in [-0.39, 0.29) is 5.97 Å². The third-order valence-electron chi connectivity index (χ3n) is 3.46. The van der Waals surface area contributed by atoms with Gasteiger partial charge in [0.15, 0.2) is 0 Å². The van der Waals surface area contributed by atoms with E-state index in [1.165, 1.54) is 45.8 Å². The zero-order chi connectivity index (χ0) is 9.31. The number of esters is 1. The highest BCUT2D eigenvalue weighted by Crippen LogP contribution is 2.40. The van der Waals surface area contributed by atoms with Crippen LogP contribution >= 0.6 is 0 Å². The Hall–Kier alpha value is -0.570. The van der Waals surface area contributed by atoms with E-state index < -0.39 is 0 Å². The van der Waals surface area contributed by atoms with Gasteiger partial charge >= 0.3 is 5.97 Å². The fourth-order valence-electron chi connectivity index (χ4n) is 2.37. The Kier molecular flexibility index (Phi) is 2.28. The van der Waals surface area contributed by atoms with Crippen LogP contribution in [-0.4, -0.2) is 37.1 Å². The maximum atomic E-state index is 10.7. The van der Waals surface area contributed by atoms with E-state index in [0.717, 1.165) is 0 Å².